The highest BCUT2D eigenvalue weighted by atomic mass is 19.4. The van der Waals surface area contributed by atoms with Gasteiger partial charge in [-0.1, -0.05) is 32.6 Å². The van der Waals surface area contributed by atoms with E-state index in [1.807, 2.05) is 0 Å². The van der Waals surface area contributed by atoms with E-state index >= 15 is 0 Å². The Morgan fingerprint density at radius 2 is 1.94 bits per heavy atom. The molecule has 0 saturated heterocycles. The summed E-state index contributed by atoms with van der Waals surface area (Å²) in [5.74, 6) is 0.474. The molecule has 0 N–H and O–H groups in total. The van der Waals surface area contributed by atoms with Crippen molar-refractivity contribution in [1.82, 2.24) is 0 Å². The number of halogens is 3. The second kappa shape index (κ2) is 5.39. The lowest BCUT2D eigenvalue weighted by Gasteiger charge is -2.12. The predicted molar refractivity (Wildman–Crippen MR) is 64.7 cm³/mol. The second-order valence-corrected chi connectivity index (χ2v) is 4.55. The average molecular weight is 242 g/mol. The molecule has 0 bridgehead atoms. The maximum absolute atomic E-state index is 12.6. The van der Waals surface area contributed by atoms with Crippen LogP contribution in [-0.2, 0) is 12.6 Å². The van der Waals surface area contributed by atoms with E-state index in [0.29, 0.717) is 12.3 Å². The van der Waals surface area contributed by atoms with Crippen molar-refractivity contribution in [2.24, 2.45) is 5.92 Å². The standard InChI is InChI=1S/C14H17F3/c1-4-11-7-8-13(14(15,16)17)9-12(11)6-5-10(2)3/h4,7-10H,1,5-6H2,2-3H3. The molecule has 0 amide bonds. The third kappa shape index (κ3) is 3.91. The van der Waals surface area contributed by atoms with Crippen LogP contribution in [-0.4, -0.2) is 0 Å². The minimum atomic E-state index is -4.27. The zero-order valence-electron chi connectivity index (χ0n) is 10.1. The zero-order chi connectivity index (χ0) is 13.1. The molecular formula is C14H17F3. The van der Waals surface area contributed by atoms with Crippen molar-refractivity contribution in [2.45, 2.75) is 32.9 Å². The summed E-state index contributed by atoms with van der Waals surface area (Å²) in [7, 11) is 0. The van der Waals surface area contributed by atoms with Gasteiger partial charge in [-0.3, -0.25) is 0 Å². The highest BCUT2D eigenvalue weighted by molar-refractivity contribution is 5.53. The Balaban J connectivity index is 3.02. The van der Waals surface area contributed by atoms with Crippen LogP contribution in [0.3, 0.4) is 0 Å². The van der Waals surface area contributed by atoms with Crippen LogP contribution in [0.5, 0.6) is 0 Å². The molecule has 1 aromatic carbocycles. The molecule has 1 rings (SSSR count). The molecule has 1 aromatic rings. The Morgan fingerprint density at radius 3 is 2.41 bits per heavy atom. The summed E-state index contributed by atoms with van der Waals surface area (Å²) in [6, 6.07) is 3.83. The summed E-state index contributed by atoms with van der Waals surface area (Å²) in [4.78, 5) is 0. The number of alkyl halides is 3. The molecule has 0 saturated carbocycles. The van der Waals surface area contributed by atoms with Gasteiger partial charge in [0.1, 0.15) is 0 Å². The third-order valence-electron chi connectivity index (χ3n) is 2.68. The molecule has 0 aliphatic heterocycles. The van der Waals surface area contributed by atoms with Crippen LogP contribution in [0.1, 0.15) is 37.0 Å². The number of hydrogen-bond acceptors (Lipinski definition) is 0. The van der Waals surface area contributed by atoms with Crippen LogP contribution in [0.2, 0.25) is 0 Å². The van der Waals surface area contributed by atoms with Gasteiger partial charge in [-0.05, 0) is 42.0 Å². The SMILES string of the molecule is C=Cc1ccc(C(F)(F)F)cc1CCC(C)C. The van der Waals surface area contributed by atoms with E-state index in [2.05, 4.69) is 20.4 Å². The van der Waals surface area contributed by atoms with Crippen LogP contribution in [0, 0.1) is 5.92 Å². The van der Waals surface area contributed by atoms with Crippen molar-refractivity contribution in [3.8, 4) is 0 Å². The maximum atomic E-state index is 12.6. The molecule has 0 atom stereocenters. The van der Waals surface area contributed by atoms with Crippen molar-refractivity contribution in [2.75, 3.05) is 0 Å². The van der Waals surface area contributed by atoms with Crippen molar-refractivity contribution in [3.63, 3.8) is 0 Å². The minimum Gasteiger partial charge on any atom is -0.166 e. The molecule has 0 fully saturated rings. The molecule has 0 radical (unpaired) electrons. The van der Waals surface area contributed by atoms with Crippen molar-refractivity contribution in [3.05, 3.63) is 41.5 Å². The average Bonchev–Trinajstić information content (AvgIpc) is 2.24. The van der Waals surface area contributed by atoms with Crippen molar-refractivity contribution in [1.29, 1.82) is 0 Å². The number of rotatable bonds is 4. The topological polar surface area (TPSA) is 0 Å². The molecule has 94 valence electrons. The lowest BCUT2D eigenvalue weighted by molar-refractivity contribution is -0.137. The zero-order valence-corrected chi connectivity index (χ0v) is 10.1. The van der Waals surface area contributed by atoms with Gasteiger partial charge in [-0.15, -0.1) is 0 Å². The summed E-state index contributed by atoms with van der Waals surface area (Å²) in [6.07, 6.45) is -1.13. The molecule has 0 nitrogen and oxygen atoms in total. The Morgan fingerprint density at radius 1 is 1.29 bits per heavy atom. The fourth-order valence-corrected chi connectivity index (χ4v) is 1.64. The fraction of sp³-hybridized carbons (Fsp3) is 0.429. The van der Waals surface area contributed by atoms with Gasteiger partial charge in [0.15, 0.2) is 0 Å². The van der Waals surface area contributed by atoms with Crippen molar-refractivity contribution < 1.29 is 13.2 Å². The smallest absolute Gasteiger partial charge is 0.166 e. The van der Waals surface area contributed by atoms with Gasteiger partial charge >= 0.3 is 6.18 Å². The van der Waals surface area contributed by atoms with E-state index in [1.165, 1.54) is 12.1 Å². The number of aryl methyl sites for hydroxylation is 1. The Kier molecular flexibility index (Phi) is 4.38. The van der Waals surface area contributed by atoms with Crippen LogP contribution < -0.4 is 0 Å². The monoisotopic (exact) mass is 242 g/mol. The van der Waals surface area contributed by atoms with E-state index < -0.39 is 11.7 Å². The van der Waals surface area contributed by atoms with Crippen LogP contribution >= 0.6 is 0 Å². The molecular weight excluding hydrogens is 225 g/mol. The van der Waals surface area contributed by atoms with Gasteiger partial charge in [0.25, 0.3) is 0 Å². The first kappa shape index (κ1) is 13.8. The Hall–Kier alpha value is -1.25. The minimum absolute atomic E-state index is 0.474. The first-order valence-electron chi connectivity index (χ1n) is 5.67. The van der Waals surface area contributed by atoms with Gasteiger partial charge in [0.05, 0.1) is 5.56 Å². The van der Waals surface area contributed by atoms with Gasteiger partial charge in [-0.25, -0.2) is 0 Å². The summed E-state index contributed by atoms with van der Waals surface area (Å²) >= 11 is 0. The molecule has 17 heavy (non-hydrogen) atoms. The Labute approximate surface area is 100 Å². The van der Waals surface area contributed by atoms with Gasteiger partial charge < -0.3 is 0 Å². The van der Waals surface area contributed by atoms with Crippen molar-refractivity contribution >= 4 is 6.08 Å². The summed E-state index contributed by atoms with van der Waals surface area (Å²) in [5.41, 5.74) is 0.934. The van der Waals surface area contributed by atoms with Gasteiger partial charge in [0, 0.05) is 0 Å². The first-order chi connectivity index (χ1) is 7.84. The number of hydrogen-bond donors (Lipinski definition) is 0. The quantitative estimate of drug-likeness (QED) is 0.701. The summed E-state index contributed by atoms with van der Waals surface area (Å²) in [5, 5.41) is 0. The first-order valence-corrected chi connectivity index (χ1v) is 5.67. The molecule has 0 heterocycles. The lowest BCUT2D eigenvalue weighted by atomic mass is 9.96. The Bertz CT molecular complexity index is 389. The van der Waals surface area contributed by atoms with E-state index in [9.17, 15) is 13.2 Å². The highest BCUT2D eigenvalue weighted by Gasteiger charge is 2.30. The normalized spacial score (nSPS) is 11.9. The molecule has 0 aromatic heterocycles. The van der Waals surface area contributed by atoms with Crippen LogP contribution in [0.15, 0.2) is 24.8 Å². The highest BCUT2D eigenvalue weighted by Crippen LogP contribution is 2.31. The lowest BCUT2D eigenvalue weighted by Crippen LogP contribution is -2.06. The number of benzene rings is 1. The summed E-state index contributed by atoms with van der Waals surface area (Å²) < 4.78 is 37.7. The maximum Gasteiger partial charge on any atom is 0.416 e. The van der Waals surface area contributed by atoms with E-state index in [1.54, 1.807) is 6.08 Å². The predicted octanol–water partition coefficient (Wildman–Crippen LogP) is 4.94. The van der Waals surface area contributed by atoms with E-state index in [-0.39, 0.29) is 0 Å². The largest absolute Gasteiger partial charge is 0.416 e. The summed E-state index contributed by atoms with van der Waals surface area (Å²) in [6.45, 7) is 7.74. The molecule has 0 aliphatic carbocycles. The molecule has 3 heteroatoms. The molecule has 0 unspecified atom stereocenters. The van der Waals surface area contributed by atoms with E-state index in [0.717, 1.165) is 23.6 Å². The fourth-order valence-electron chi connectivity index (χ4n) is 1.64. The van der Waals surface area contributed by atoms with E-state index in [4.69, 9.17) is 0 Å². The van der Waals surface area contributed by atoms with Gasteiger partial charge in [0.2, 0.25) is 0 Å². The molecule has 0 aliphatic rings. The van der Waals surface area contributed by atoms with Crippen LogP contribution in [0.25, 0.3) is 6.08 Å². The molecule has 0 spiro atoms. The third-order valence-corrected chi connectivity index (χ3v) is 2.68. The van der Waals surface area contributed by atoms with Crippen LogP contribution in [0.4, 0.5) is 13.2 Å². The second-order valence-electron chi connectivity index (χ2n) is 4.55. The van der Waals surface area contributed by atoms with Gasteiger partial charge in [-0.2, -0.15) is 13.2 Å².